The van der Waals surface area contributed by atoms with E-state index in [1.807, 2.05) is 18.2 Å². The lowest BCUT2D eigenvalue weighted by Gasteiger charge is -2.28. The summed E-state index contributed by atoms with van der Waals surface area (Å²) in [5.41, 5.74) is 1.70. The van der Waals surface area contributed by atoms with Crippen LogP contribution in [0.1, 0.15) is 64.7 Å². The second-order valence-electron chi connectivity index (χ2n) is 10.1. The molecule has 33 heavy (non-hydrogen) atoms. The fourth-order valence-corrected chi connectivity index (χ4v) is 3.58. The summed E-state index contributed by atoms with van der Waals surface area (Å²) in [4.78, 5) is 30.3. The van der Waals surface area contributed by atoms with E-state index in [0.29, 0.717) is 16.9 Å². The third-order valence-corrected chi connectivity index (χ3v) is 4.89. The average molecular weight is 458 g/mol. The number of fused-ring (bicyclic) bond motifs is 1. The second kappa shape index (κ2) is 9.37. The monoisotopic (exact) mass is 457 g/mol. The number of nitrogens with zero attached hydrogens (tertiary/aromatic N) is 2. The number of imide groups is 1. The molecule has 0 radical (unpaired) electrons. The standard InChI is InChI=1S/C25H32FN3O4/c1-24(2,3)32-22(30)29(23(31)33-25(4,5)6)21-20(26)17(12-14-28-21)15-16-9-7-11-19-18(16)10-8-13-27-19/h7,9,11-12,14,27H,8,10,13,15H2,1-6H3. The van der Waals surface area contributed by atoms with E-state index < -0.39 is 35.0 Å². The number of benzene rings is 1. The second-order valence-corrected chi connectivity index (χ2v) is 10.1. The lowest BCUT2D eigenvalue weighted by Crippen LogP contribution is -2.44. The summed E-state index contributed by atoms with van der Waals surface area (Å²) < 4.78 is 26.4. The van der Waals surface area contributed by atoms with Crippen molar-refractivity contribution in [2.45, 2.75) is 72.0 Å². The van der Waals surface area contributed by atoms with Gasteiger partial charge in [0.1, 0.15) is 11.2 Å². The molecule has 0 spiro atoms. The van der Waals surface area contributed by atoms with Crippen molar-refractivity contribution >= 4 is 23.7 Å². The molecule has 178 valence electrons. The van der Waals surface area contributed by atoms with E-state index in [1.54, 1.807) is 47.6 Å². The minimum atomic E-state index is -1.05. The van der Waals surface area contributed by atoms with E-state index in [0.717, 1.165) is 36.2 Å². The molecule has 0 unspecified atom stereocenters. The molecule has 1 aromatic carbocycles. The smallest absolute Gasteiger partial charge is 0.425 e. The molecular formula is C25H32FN3O4. The number of nitrogens with one attached hydrogen (secondary N) is 1. The molecule has 0 saturated heterocycles. The van der Waals surface area contributed by atoms with Gasteiger partial charge in [-0.05, 0) is 83.2 Å². The zero-order chi connectivity index (χ0) is 24.4. The van der Waals surface area contributed by atoms with Crippen LogP contribution in [-0.2, 0) is 22.3 Å². The average Bonchev–Trinajstić information content (AvgIpc) is 2.68. The highest BCUT2D eigenvalue weighted by molar-refractivity contribution is 6.08. The number of aromatic nitrogens is 1. The SMILES string of the molecule is CC(C)(C)OC(=O)N(C(=O)OC(C)(C)C)c1nccc(Cc2cccc3c2CCCN3)c1F. The van der Waals surface area contributed by atoms with Crippen molar-refractivity contribution < 1.29 is 23.5 Å². The summed E-state index contributed by atoms with van der Waals surface area (Å²) in [6.07, 6.45) is 1.47. The van der Waals surface area contributed by atoms with Gasteiger partial charge in [-0.25, -0.2) is 19.0 Å². The summed E-state index contributed by atoms with van der Waals surface area (Å²) >= 11 is 0. The van der Waals surface area contributed by atoms with Gasteiger partial charge in [0.2, 0.25) is 0 Å². The molecule has 8 heteroatoms. The topological polar surface area (TPSA) is 80.8 Å². The number of amides is 2. The Bertz CT molecular complexity index is 1010. The van der Waals surface area contributed by atoms with Gasteiger partial charge in [-0.2, -0.15) is 4.90 Å². The Morgan fingerprint density at radius 2 is 1.67 bits per heavy atom. The highest BCUT2D eigenvalue weighted by atomic mass is 19.1. The van der Waals surface area contributed by atoms with Gasteiger partial charge < -0.3 is 14.8 Å². The van der Waals surface area contributed by atoms with Crippen molar-refractivity contribution in [2.75, 3.05) is 16.8 Å². The maximum Gasteiger partial charge on any atom is 0.425 e. The van der Waals surface area contributed by atoms with Gasteiger partial charge in [-0.1, -0.05) is 12.1 Å². The molecule has 2 amide bonds. The fraction of sp³-hybridized carbons (Fsp3) is 0.480. The van der Waals surface area contributed by atoms with Gasteiger partial charge in [-0.15, -0.1) is 0 Å². The summed E-state index contributed by atoms with van der Waals surface area (Å²) in [5, 5.41) is 3.37. The summed E-state index contributed by atoms with van der Waals surface area (Å²) in [6, 6.07) is 7.46. The molecule has 1 aromatic heterocycles. The largest absolute Gasteiger partial charge is 0.443 e. The molecule has 1 aliphatic heterocycles. The molecule has 7 nitrogen and oxygen atoms in total. The van der Waals surface area contributed by atoms with Crippen LogP contribution >= 0.6 is 0 Å². The minimum Gasteiger partial charge on any atom is -0.443 e. The molecule has 2 heterocycles. The van der Waals surface area contributed by atoms with E-state index in [9.17, 15) is 9.59 Å². The molecule has 0 saturated carbocycles. The van der Waals surface area contributed by atoms with Crippen molar-refractivity contribution in [3.8, 4) is 0 Å². The quantitative estimate of drug-likeness (QED) is 0.623. The van der Waals surface area contributed by atoms with Crippen molar-refractivity contribution in [3.63, 3.8) is 0 Å². The van der Waals surface area contributed by atoms with Gasteiger partial charge in [0.05, 0.1) is 0 Å². The summed E-state index contributed by atoms with van der Waals surface area (Å²) in [6.45, 7) is 10.9. The van der Waals surface area contributed by atoms with Crippen molar-refractivity contribution in [1.29, 1.82) is 0 Å². The predicted molar refractivity (Wildman–Crippen MR) is 125 cm³/mol. The fourth-order valence-electron chi connectivity index (χ4n) is 3.58. The van der Waals surface area contributed by atoms with Gasteiger partial charge in [0, 0.05) is 24.8 Å². The van der Waals surface area contributed by atoms with Gasteiger partial charge in [0.25, 0.3) is 0 Å². The van der Waals surface area contributed by atoms with Crippen molar-refractivity contribution in [2.24, 2.45) is 0 Å². The van der Waals surface area contributed by atoms with Crippen LogP contribution in [0.3, 0.4) is 0 Å². The third-order valence-electron chi connectivity index (χ3n) is 4.89. The van der Waals surface area contributed by atoms with Crippen LogP contribution in [-0.4, -0.2) is 34.9 Å². The highest BCUT2D eigenvalue weighted by Gasteiger charge is 2.36. The van der Waals surface area contributed by atoms with E-state index in [4.69, 9.17) is 9.47 Å². The Morgan fingerprint density at radius 3 is 2.27 bits per heavy atom. The van der Waals surface area contributed by atoms with Crippen LogP contribution in [0, 0.1) is 5.82 Å². The minimum absolute atomic E-state index is 0.294. The van der Waals surface area contributed by atoms with Crippen LogP contribution in [0.4, 0.5) is 25.5 Å². The first-order valence-corrected chi connectivity index (χ1v) is 11.1. The summed E-state index contributed by atoms with van der Waals surface area (Å²) in [5.74, 6) is -1.21. The first kappa shape index (κ1) is 24.5. The van der Waals surface area contributed by atoms with Crippen LogP contribution < -0.4 is 10.2 Å². The molecule has 1 aliphatic rings. The summed E-state index contributed by atoms with van der Waals surface area (Å²) in [7, 11) is 0. The van der Waals surface area contributed by atoms with Crippen LogP contribution in [0.15, 0.2) is 30.5 Å². The zero-order valence-electron chi connectivity index (χ0n) is 20.1. The van der Waals surface area contributed by atoms with Crippen LogP contribution in [0.25, 0.3) is 0 Å². The van der Waals surface area contributed by atoms with Gasteiger partial charge >= 0.3 is 12.2 Å². The Hall–Kier alpha value is -3.16. The highest BCUT2D eigenvalue weighted by Crippen LogP contribution is 2.30. The number of carbonyl (C=O) groups excluding carboxylic acids is 2. The molecule has 3 rings (SSSR count). The molecule has 0 atom stereocenters. The van der Waals surface area contributed by atoms with E-state index in [2.05, 4.69) is 10.3 Å². The maximum atomic E-state index is 15.7. The Kier molecular flexibility index (Phi) is 6.95. The zero-order valence-corrected chi connectivity index (χ0v) is 20.1. The van der Waals surface area contributed by atoms with Crippen molar-refractivity contribution in [1.82, 2.24) is 4.98 Å². The first-order valence-electron chi connectivity index (χ1n) is 11.1. The molecule has 0 fully saturated rings. The number of carbonyl (C=O) groups is 2. The number of halogens is 1. The van der Waals surface area contributed by atoms with E-state index >= 15 is 4.39 Å². The number of hydrogen-bond acceptors (Lipinski definition) is 6. The Balaban J connectivity index is 1.99. The normalized spacial score (nSPS) is 13.5. The lowest BCUT2D eigenvalue weighted by molar-refractivity contribution is 0.0427. The maximum absolute atomic E-state index is 15.7. The molecule has 2 aromatic rings. The van der Waals surface area contributed by atoms with Crippen LogP contribution in [0.2, 0.25) is 0 Å². The van der Waals surface area contributed by atoms with Gasteiger partial charge in [-0.3, -0.25) is 0 Å². The third kappa shape index (κ3) is 6.21. The van der Waals surface area contributed by atoms with Gasteiger partial charge in [0.15, 0.2) is 11.6 Å². The Morgan fingerprint density at radius 1 is 1.03 bits per heavy atom. The lowest BCUT2D eigenvalue weighted by atomic mass is 9.93. The van der Waals surface area contributed by atoms with Crippen molar-refractivity contribution in [3.05, 3.63) is 53.0 Å². The van der Waals surface area contributed by atoms with E-state index in [1.165, 1.54) is 6.20 Å². The number of rotatable bonds is 3. The number of ether oxygens (including phenoxy) is 2. The predicted octanol–water partition coefficient (Wildman–Crippen LogP) is 5.85. The number of anilines is 2. The molecule has 0 bridgehead atoms. The first-order chi connectivity index (χ1) is 15.4. The molecule has 1 N–H and O–H groups in total. The molecule has 0 aliphatic carbocycles. The van der Waals surface area contributed by atoms with E-state index in [-0.39, 0.29) is 0 Å². The van der Waals surface area contributed by atoms with Crippen LogP contribution in [0.5, 0.6) is 0 Å². The molecular weight excluding hydrogens is 425 g/mol. The Labute approximate surface area is 194 Å². The number of hydrogen-bond donors (Lipinski definition) is 1. The number of pyridine rings is 1.